The van der Waals surface area contributed by atoms with Crippen LogP contribution in [0.25, 0.3) is 0 Å². The average molecular weight is 170 g/mol. The molecule has 0 bridgehead atoms. The van der Waals surface area contributed by atoms with Crippen molar-refractivity contribution in [3.8, 4) is 0 Å². The Bertz CT molecular complexity index is 275. The average Bonchev–Trinajstić information content (AvgIpc) is 2.33. The standard InChI is InChI=1S/C6H6N2O4/c9-4-2-1-12-5(10)3(2)7-6(11)8-4/h2-3H,1H2,(H2,7,8,9,11)/t2-,3-/m0/s1. The van der Waals surface area contributed by atoms with Crippen molar-refractivity contribution >= 4 is 17.9 Å². The van der Waals surface area contributed by atoms with Gasteiger partial charge in [0.25, 0.3) is 0 Å². The van der Waals surface area contributed by atoms with Crippen LogP contribution in [0.4, 0.5) is 4.79 Å². The van der Waals surface area contributed by atoms with E-state index in [1.54, 1.807) is 0 Å². The lowest BCUT2D eigenvalue weighted by Crippen LogP contribution is -2.58. The van der Waals surface area contributed by atoms with E-state index in [2.05, 4.69) is 15.4 Å². The summed E-state index contributed by atoms with van der Waals surface area (Å²) in [5, 5.41) is 4.36. The van der Waals surface area contributed by atoms with Crippen LogP contribution in [0.5, 0.6) is 0 Å². The number of urea groups is 1. The summed E-state index contributed by atoms with van der Waals surface area (Å²) >= 11 is 0. The summed E-state index contributed by atoms with van der Waals surface area (Å²) in [5.74, 6) is -1.55. The minimum absolute atomic E-state index is 0.0512. The van der Waals surface area contributed by atoms with E-state index in [4.69, 9.17) is 0 Å². The summed E-state index contributed by atoms with van der Waals surface area (Å²) in [6.07, 6.45) is 0. The molecule has 64 valence electrons. The second-order valence-electron chi connectivity index (χ2n) is 2.68. The van der Waals surface area contributed by atoms with E-state index in [9.17, 15) is 14.4 Å². The third-order valence-electron chi connectivity index (χ3n) is 1.92. The van der Waals surface area contributed by atoms with E-state index in [0.717, 1.165) is 0 Å². The number of ether oxygens (including phenoxy) is 1. The van der Waals surface area contributed by atoms with Gasteiger partial charge in [-0.05, 0) is 0 Å². The van der Waals surface area contributed by atoms with Crippen molar-refractivity contribution in [3.63, 3.8) is 0 Å². The van der Waals surface area contributed by atoms with Gasteiger partial charge in [0.05, 0.1) is 0 Å². The number of rotatable bonds is 0. The zero-order chi connectivity index (χ0) is 8.72. The fourth-order valence-corrected chi connectivity index (χ4v) is 1.29. The maximum absolute atomic E-state index is 11.0. The van der Waals surface area contributed by atoms with E-state index >= 15 is 0 Å². The minimum atomic E-state index is -0.786. The van der Waals surface area contributed by atoms with Gasteiger partial charge in [0, 0.05) is 0 Å². The molecule has 0 spiro atoms. The summed E-state index contributed by atoms with van der Waals surface area (Å²) in [7, 11) is 0. The van der Waals surface area contributed by atoms with Crippen molar-refractivity contribution < 1.29 is 19.1 Å². The number of imide groups is 1. The van der Waals surface area contributed by atoms with Crippen LogP contribution in [0, 0.1) is 5.92 Å². The number of hydrogen-bond acceptors (Lipinski definition) is 4. The van der Waals surface area contributed by atoms with Crippen LogP contribution in [0.3, 0.4) is 0 Å². The van der Waals surface area contributed by atoms with Gasteiger partial charge in [0.1, 0.15) is 18.6 Å². The first-order valence-electron chi connectivity index (χ1n) is 3.46. The molecule has 6 heteroatoms. The first kappa shape index (κ1) is 7.08. The van der Waals surface area contributed by atoms with Crippen molar-refractivity contribution in [2.24, 2.45) is 5.92 Å². The Hall–Kier alpha value is -1.59. The van der Waals surface area contributed by atoms with Crippen molar-refractivity contribution in [1.29, 1.82) is 0 Å². The molecule has 0 aromatic rings. The third kappa shape index (κ3) is 0.843. The van der Waals surface area contributed by atoms with Crippen molar-refractivity contribution in [2.45, 2.75) is 6.04 Å². The largest absolute Gasteiger partial charge is 0.463 e. The molecule has 2 rings (SSSR count). The molecular formula is C6H6N2O4. The second kappa shape index (κ2) is 2.20. The van der Waals surface area contributed by atoms with E-state index in [1.807, 2.05) is 0 Å². The molecule has 0 saturated carbocycles. The van der Waals surface area contributed by atoms with E-state index in [1.165, 1.54) is 0 Å². The normalized spacial score (nSPS) is 33.5. The Labute approximate surface area is 67.3 Å². The fraction of sp³-hybridized carbons (Fsp3) is 0.500. The van der Waals surface area contributed by atoms with Gasteiger partial charge in [-0.25, -0.2) is 9.59 Å². The van der Waals surface area contributed by atoms with Crippen LogP contribution < -0.4 is 10.6 Å². The summed E-state index contributed by atoms with van der Waals surface area (Å²) in [4.78, 5) is 32.6. The molecule has 2 atom stereocenters. The molecule has 2 aliphatic rings. The number of carbonyl (C=O) groups excluding carboxylic acids is 3. The number of amides is 3. The highest BCUT2D eigenvalue weighted by Crippen LogP contribution is 2.17. The molecule has 2 fully saturated rings. The SMILES string of the molecule is O=C1NC(=O)[C@H]2COC(=O)[C@H]2N1. The lowest BCUT2D eigenvalue weighted by atomic mass is 10.0. The Morgan fingerprint density at radius 3 is 2.83 bits per heavy atom. The lowest BCUT2D eigenvalue weighted by Gasteiger charge is -2.21. The van der Waals surface area contributed by atoms with Crippen LogP contribution >= 0.6 is 0 Å². The maximum atomic E-state index is 11.0. The quantitative estimate of drug-likeness (QED) is 0.427. The highest BCUT2D eigenvalue weighted by molar-refractivity contribution is 6.04. The van der Waals surface area contributed by atoms with Crippen LogP contribution in [0.1, 0.15) is 0 Å². The Kier molecular flexibility index (Phi) is 1.30. The van der Waals surface area contributed by atoms with Crippen molar-refractivity contribution in [3.05, 3.63) is 0 Å². The van der Waals surface area contributed by atoms with Gasteiger partial charge in [-0.15, -0.1) is 0 Å². The van der Waals surface area contributed by atoms with Gasteiger partial charge in [0.2, 0.25) is 5.91 Å². The van der Waals surface area contributed by atoms with Crippen LogP contribution in [0.2, 0.25) is 0 Å². The van der Waals surface area contributed by atoms with Gasteiger partial charge in [-0.1, -0.05) is 0 Å². The predicted octanol–water partition coefficient (Wildman–Crippen LogP) is -1.63. The number of carbonyl (C=O) groups is 3. The number of fused-ring (bicyclic) bond motifs is 1. The molecule has 0 radical (unpaired) electrons. The number of hydrogen-bond donors (Lipinski definition) is 2. The lowest BCUT2D eigenvalue weighted by molar-refractivity contribution is -0.139. The van der Waals surface area contributed by atoms with Crippen molar-refractivity contribution in [2.75, 3.05) is 6.61 Å². The summed E-state index contributed by atoms with van der Waals surface area (Å²) in [6, 6.07) is -1.42. The van der Waals surface area contributed by atoms with Gasteiger partial charge in [-0.2, -0.15) is 0 Å². The zero-order valence-corrected chi connectivity index (χ0v) is 5.99. The molecule has 12 heavy (non-hydrogen) atoms. The van der Waals surface area contributed by atoms with Gasteiger partial charge in [0.15, 0.2) is 0 Å². The second-order valence-corrected chi connectivity index (χ2v) is 2.68. The Morgan fingerprint density at radius 1 is 1.33 bits per heavy atom. The number of cyclic esters (lactones) is 1. The van der Waals surface area contributed by atoms with Crippen LogP contribution in [-0.4, -0.2) is 30.6 Å². The number of esters is 1. The molecule has 2 N–H and O–H groups in total. The third-order valence-corrected chi connectivity index (χ3v) is 1.92. The van der Waals surface area contributed by atoms with Gasteiger partial charge >= 0.3 is 12.0 Å². The maximum Gasteiger partial charge on any atom is 0.329 e. The highest BCUT2D eigenvalue weighted by Gasteiger charge is 2.46. The summed E-state index contributed by atoms with van der Waals surface area (Å²) in [5.41, 5.74) is 0. The van der Waals surface area contributed by atoms with Gasteiger partial charge in [-0.3, -0.25) is 10.1 Å². The predicted molar refractivity (Wildman–Crippen MR) is 34.9 cm³/mol. The smallest absolute Gasteiger partial charge is 0.329 e. The fourth-order valence-electron chi connectivity index (χ4n) is 1.29. The molecule has 0 aromatic carbocycles. The molecule has 2 aliphatic heterocycles. The molecule has 3 amide bonds. The van der Waals surface area contributed by atoms with Crippen LogP contribution in [-0.2, 0) is 14.3 Å². The first-order chi connectivity index (χ1) is 5.68. The molecular weight excluding hydrogens is 164 g/mol. The van der Waals surface area contributed by atoms with E-state index in [-0.39, 0.29) is 6.61 Å². The minimum Gasteiger partial charge on any atom is -0.463 e. The summed E-state index contributed by atoms with van der Waals surface area (Å²) in [6.45, 7) is 0.0512. The van der Waals surface area contributed by atoms with E-state index in [0.29, 0.717) is 0 Å². The molecule has 6 nitrogen and oxygen atoms in total. The topological polar surface area (TPSA) is 84.5 Å². The van der Waals surface area contributed by atoms with E-state index < -0.39 is 29.9 Å². The molecule has 0 aliphatic carbocycles. The summed E-state index contributed by atoms with van der Waals surface area (Å²) < 4.78 is 4.60. The molecule has 0 unspecified atom stereocenters. The Balaban J connectivity index is 2.24. The monoisotopic (exact) mass is 170 g/mol. The number of nitrogens with one attached hydrogen (secondary N) is 2. The molecule has 2 heterocycles. The van der Waals surface area contributed by atoms with Crippen molar-refractivity contribution in [1.82, 2.24) is 10.6 Å². The molecule has 2 saturated heterocycles. The van der Waals surface area contributed by atoms with Crippen LogP contribution in [0.15, 0.2) is 0 Å². The Morgan fingerprint density at radius 2 is 2.08 bits per heavy atom. The highest BCUT2D eigenvalue weighted by atomic mass is 16.5. The zero-order valence-electron chi connectivity index (χ0n) is 5.99. The first-order valence-corrected chi connectivity index (χ1v) is 3.46. The molecule has 0 aromatic heterocycles. The van der Waals surface area contributed by atoms with Gasteiger partial charge < -0.3 is 10.1 Å².